The Morgan fingerprint density at radius 1 is 1.05 bits per heavy atom. The summed E-state index contributed by atoms with van der Waals surface area (Å²) in [6.45, 7) is 9.71. The average molecular weight is 610 g/mol. The number of aromatic nitrogens is 1. The Balaban J connectivity index is 1.35. The Morgan fingerprint density at radius 3 is 2.25 bits per heavy atom. The molecule has 2 atom stereocenters. The van der Waals surface area contributed by atoms with E-state index >= 15 is 0 Å². The number of hydrogen-bond donors (Lipinski definition) is 1. The summed E-state index contributed by atoms with van der Waals surface area (Å²) >= 11 is 12.5. The largest absolute Gasteiger partial charge is 0.480 e. The lowest BCUT2D eigenvalue weighted by atomic mass is 9.95. The van der Waals surface area contributed by atoms with Gasteiger partial charge in [-0.25, -0.2) is 18.2 Å². The molecule has 1 N–H and O–H groups in total. The van der Waals surface area contributed by atoms with E-state index in [0.29, 0.717) is 18.4 Å². The van der Waals surface area contributed by atoms with Crippen molar-refractivity contribution >= 4 is 50.6 Å². The number of carbonyl (C=O) groups is 2. The van der Waals surface area contributed by atoms with Crippen LogP contribution in [-0.2, 0) is 24.8 Å². The second kappa shape index (κ2) is 10.5. The SMILES string of the molecule is CC(C)(C)N1CCN(c2ccc(S(=O)(=O)[C@@H]3C[C@H](C(=O)O)N(C(=O)C4(c5ccc(Cl)nc5)CC4)C3)c(Cl)c2)CC1. The van der Waals surface area contributed by atoms with Crippen molar-refractivity contribution < 1.29 is 23.1 Å². The molecule has 12 heteroatoms. The molecule has 1 saturated carbocycles. The molecule has 1 aromatic carbocycles. The number of amides is 1. The summed E-state index contributed by atoms with van der Waals surface area (Å²) in [6.07, 6.45) is 2.39. The van der Waals surface area contributed by atoms with Crippen molar-refractivity contribution in [2.75, 3.05) is 37.6 Å². The molecule has 2 saturated heterocycles. The van der Waals surface area contributed by atoms with Gasteiger partial charge in [-0.2, -0.15) is 0 Å². The molecule has 3 heterocycles. The number of carboxylic acid groups (broad SMARTS) is 1. The zero-order valence-electron chi connectivity index (χ0n) is 22.8. The minimum Gasteiger partial charge on any atom is -0.480 e. The summed E-state index contributed by atoms with van der Waals surface area (Å²) in [5.74, 6) is -1.62. The molecule has 3 fully saturated rings. The van der Waals surface area contributed by atoms with E-state index in [0.717, 1.165) is 31.9 Å². The van der Waals surface area contributed by atoms with E-state index in [2.05, 4.69) is 35.6 Å². The van der Waals surface area contributed by atoms with Crippen molar-refractivity contribution in [2.45, 2.75) is 67.2 Å². The number of nitrogens with zero attached hydrogens (tertiary/aromatic N) is 4. The lowest BCUT2D eigenvalue weighted by molar-refractivity contribution is -0.149. The topological polar surface area (TPSA) is 111 Å². The summed E-state index contributed by atoms with van der Waals surface area (Å²) in [6, 6.07) is 6.98. The Kier molecular flexibility index (Phi) is 7.61. The molecule has 1 aliphatic carbocycles. The minimum atomic E-state index is -4.02. The van der Waals surface area contributed by atoms with E-state index in [4.69, 9.17) is 23.2 Å². The Hall–Kier alpha value is -2.40. The van der Waals surface area contributed by atoms with Gasteiger partial charge in [0.05, 0.1) is 20.6 Å². The first-order valence-corrected chi connectivity index (χ1v) is 15.7. The van der Waals surface area contributed by atoms with Gasteiger partial charge in [-0.1, -0.05) is 29.3 Å². The third-order valence-corrected chi connectivity index (χ3v) is 11.3. The first-order chi connectivity index (χ1) is 18.7. The van der Waals surface area contributed by atoms with Gasteiger partial charge in [0.15, 0.2) is 9.84 Å². The van der Waals surface area contributed by atoms with Gasteiger partial charge in [-0.3, -0.25) is 9.69 Å². The van der Waals surface area contributed by atoms with Crippen LogP contribution in [0.5, 0.6) is 0 Å². The first kappa shape index (κ1) is 29.1. The van der Waals surface area contributed by atoms with Crippen LogP contribution >= 0.6 is 23.2 Å². The van der Waals surface area contributed by atoms with E-state index in [1.807, 2.05) is 0 Å². The quantitative estimate of drug-likeness (QED) is 0.492. The number of sulfone groups is 1. The summed E-state index contributed by atoms with van der Waals surface area (Å²) in [5.41, 5.74) is 0.674. The Morgan fingerprint density at radius 2 is 1.73 bits per heavy atom. The van der Waals surface area contributed by atoms with Crippen LogP contribution in [-0.4, -0.2) is 89.7 Å². The Bertz CT molecular complexity index is 1420. The number of piperazine rings is 1. The van der Waals surface area contributed by atoms with Gasteiger partial charge in [0.25, 0.3) is 0 Å². The molecule has 2 aromatic rings. The lowest BCUT2D eigenvalue weighted by Gasteiger charge is -2.43. The van der Waals surface area contributed by atoms with Crippen LogP contribution in [0.15, 0.2) is 41.4 Å². The van der Waals surface area contributed by atoms with Gasteiger partial charge in [0, 0.05) is 50.1 Å². The molecular formula is C28H34Cl2N4O5S. The maximum absolute atomic E-state index is 13.7. The highest BCUT2D eigenvalue weighted by Crippen LogP contribution is 2.51. The van der Waals surface area contributed by atoms with E-state index in [9.17, 15) is 23.1 Å². The third kappa shape index (κ3) is 5.31. The molecule has 5 rings (SSSR count). The number of benzene rings is 1. The number of aliphatic carboxylic acids is 1. The zero-order valence-corrected chi connectivity index (χ0v) is 25.1. The van der Waals surface area contributed by atoms with Crippen LogP contribution in [0.3, 0.4) is 0 Å². The van der Waals surface area contributed by atoms with Crippen LogP contribution in [0, 0.1) is 0 Å². The van der Waals surface area contributed by atoms with Gasteiger partial charge < -0.3 is 14.9 Å². The molecule has 1 aromatic heterocycles. The van der Waals surface area contributed by atoms with Crippen molar-refractivity contribution in [1.29, 1.82) is 0 Å². The molecule has 3 aliphatic rings. The molecule has 216 valence electrons. The van der Waals surface area contributed by atoms with Gasteiger partial charge >= 0.3 is 5.97 Å². The second-order valence-corrected chi connectivity index (χ2v) is 14.9. The molecule has 40 heavy (non-hydrogen) atoms. The van der Waals surface area contributed by atoms with Crippen molar-refractivity contribution in [3.05, 3.63) is 52.3 Å². The number of carbonyl (C=O) groups excluding carboxylic acids is 1. The van der Waals surface area contributed by atoms with Crippen molar-refractivity contribution in [2.24, 2.45) is 0 Å². The van der Waals surface area contributed by atoms with Crippen LogP contribution in [0.25, 0.3) is 0 Å². The maximum Gasteiger partial charge on any atom is 0.326 e. The summed E-state index contributed by atoms with van der Waals surface area (Å²) in [5, 5.41) is 9.23. The van der Waals surface area contributed by atoms with Crippen LogP contribution in [0.4, 0.5) is 5.69 Å². The highest BCUT2D eigenvalue weighted by molar-refractivity contribution is 7.92. The Labute approximate surface area is 245 Å². The number of carboxylic acids is 1. The highest BCUT2D eigenvalue weighted by Gasteiger charge is 2.57. The van der Waals surface area contributed by atoms with Gasteiger partial charge in [0.1, 0.15) is 11.2 Å². The number of anilines is 1. The van der Waals surface area contributed by atoms with Gasteiger partial charge in [-0.15, -0.1) is 0 Å². The predicted molar refractivity (Wildman–Crippen MR) is 154 cm³/mol. The summed E-state index contributed by atoms with van der Waals surface area (Å²) in [7, 11) is -4.02. The van der Waals surface area contributed by atoms with Gasteiger partial charge in [0.2, 0.25) is 5.91 Å². The first-order valence-electron chi connectivity index (χ1n) is 13.4. The monoisotopic (exact) mass is 608 g/mol. The molecule has 0 bridgehead atoms. The summed E-state index contributed by atoms with van der Waals surface area (Å²) < 4.78 is 27.5. The lowest BCUT2D eigenvalue weighted by Crippen LogP contribution is -2.53. The van der Waals surface area contributed by atoms with E-state index in [1.165, 1.54) is 17.2 Å². The molecule has 0 radical (unpaired) electrons. The molecule has 1 amide bonds. The molecule has 0 unspecified atom stereocenters. The number of rotatable bonds is 6. The number of hydrogen-bond acceptors (Lipinski definition) is 7. The van der Waals surface area contributed by atoms with Crippen molar-refractivity contribution in [3.63, 3.8) is 0 Å². The predicted octanol–water partition coefficient (Wildman–Crippen LogP) is 3.87. The summed E-state index contributed by atoms with van der Waals surface area (Å²) in [4.78, 5) is 35.7. The standard InChI is InChI=1S/C28H34Cl2N4O5S/c1-27(2,3)33-12-10-32(11-13-33)19-5-6-23(21(29)14-19)40(38,39)20-15-22(25(35)36)34(17-20)26(37)28(8-9-28)18-4-7-24(30)31-16-18/h4-7,14,16,20,22H,8-13,15,17H2,1-3H3,(H,35,36)/t20-,22-/m1/s1. The van der Waals surface area contributed by atoms with E-state index < -0.39 is 38.4 Å². The van der Waals surface area contributed by atoms with Crippen LogP contribution < -0.4 is 4.90 Å². The zero-order chi connectivity index (χ0) is 29.0. The smallest absolute Gasteiger partial charge is 0.326 e. The number of pyridine rings is 1. The van der Waals surface area contributed by atoms with E-state index in [-0.39, 0.29) is 33.6 Å². The third-order valence-electron chi connectivity index (χ3n) is 8.50. The fraction of sp³-hybridized carbons (Fsp3) is 0.536. The number of halogens is 2. The minimum absolute atomic E-state index is 0.0438. The highest BCUT2D eigenvalue weighted by atomic mass is 35.5. The fourth-order valence-electron chi connectivity index (χ4n) is 5.90. The molecule has 2 aliphatic heterocycles. The van der Waals surface area contributed by atoms with Crippen molar-refractivity contribution in [1.82, 2.24) is 14.8 Å². The van der Waals surface area contributed by atoms with E-state index in [1.54, 1.807) is 24.3 Å². The molecule has 0 spiro atoms. The van der Waals surface area contributed by atoms with Crippen LogP contribution in [0.1, 0.15) is 45.6 Å². The maximum atomic E-state index is 13.7. The molecular weight excluding hydrogens is 575 g/mol. The molecule has 9 nitrogen and oxygen atoms in total. The fourth-order valence-corrected chi connectivity index (χ4v) is 8.25. The number of likely N-dealkylation sites (tertiary alicyclic amines) is 1. The van der Waals surface area contributed by atoms with Gasteiger partial charge in [-0.05, 0) is 69.9 Å². The average Bonchev–Trinajstić information content (AvgIpc) is 3.58. The van der Waals surface area contributed by atoms with Crippen LogP contribution in [0.2, 0.25) is 10.2 Å². The second-order valence-electron chi connectivity index (χ2n) is 11.9. The van der Waals surface area contributed by atoms with Crippen molar-refractivity contribution in [3.8, 4) is 0 Å². The normalized spacial score (nSPS) is 23.3.